The quantitative estimate of drug-likeness (QED) is 0.342. The average molecular weight is 500 g/mol. The van der Waals surface area contributed by atoms with Gasteiger partial charge in [0.25, 0.3) is 5.91 Å². The Morgan fingerprint density at radius 1 is 1.06 bits per heavy atom. The van der Waals surface area contributed by atoms with E-state index in [4.69, 9.17) is 5.41 Å². The maximum atomic E-state index is 12.9. The van der Waals surface area contributed by atoms with Gasteiger partial charge >= 0.3 is 0 Å². The van der Waals surface area contributed by atoms with Crippen molar-refractivity contribution >= 4 is 51.9 Å². The fourth-order valence-corrected chi connectivity index (χ4v) is 6.13. The first-order valence-electron chi connectivity index (χ1n) is 11.3. The second-order valence-electron chi connectivity index (χ2n) is 8.63. The lowest BCUT2D eigenvalue weighted by Gasteiger charge is -2.24. The molecular weight excluding hydrogens is 474 g/mol. The SMILES string of the molecule is Cc1ccc(-n2c(C)cc(/C=C3/C(=N)N4C(SCc5ccccc5)=NSC4=NC3=O)c2C)c(C)c1. The normalized spacial score (nSPS) is 16.6. The number of nitrogens with zero attached hydrogens (tertiary/aromatic N) is 4. The highest BCUT2D eigenvalue weighted by molar-refractivity contribution is 8.18. The third-order valence-corrected chi connectivity index (χ3v) is 7.90. The molecule has 6 nitrogen and oxygen atoms in total. The summed E-state index contributed by atoms with van der Waals surface area (Å²) < 4.78 is 6.68. The highest BCUT2D eigenvalue weighted by Crippen LogP contribution is 2.34. The van der Waals surface area contributed by atoms with Gasteiger partial charge in [0, 0.05) is 22.8 Å². The second kappa shape index (κ2) is 9.36. The van der Waals surface area contributed by atoms with Crippen molar-refractivity contribution in [3.63, 3.8) is 0 Å². The molecule has 5 rings (SSSR count). The fraction of sp³-hybridized carbons (Fsp3) is 0.185. The maximum absolute atomic E-state index is 12.9. The number of benzene rings is 2. The van der Waals surface area contributed by atoms with Crippen LogP contribution in [0.4, 0.5) is 0 Å². The van der Waals surface area contributed by atoms with Gasteiger partial charge in [0.2, 0.25) is 5.17 Å². The summed E-state index contributed by atoms with van der Waals surface area (Å²) in [5.41, 5.74) is 7.94. The summed E-state index contributed by atoms with van der Waals surface area (Å²) in [7, 11) is 0. The number of aryl methyl sites for hydroxylation is 3. The zero-order chi connectivity index (χ0) is 24.7. The molecule has 0 aliphatic carbocycles. The number of carbonyl (C=O) groups is 1. The van der Waals surface area contributed by atoms with Crippen LogP contribution in [0.1, 0.15) is 33.6 Å². The number of rotatable bonds is 4. The van der Waals surface area contributed by atoms with E-state index in [0.29, 0.717) is 10.3 Å². The molecule has 2 aliphatic heterocycles. The molecule has 176 valence electrons. The Kier molecular flexibility index (Phi) is 6.25. The van der Waals surface area contributed by atoms with E-state index in [2.05, 4.69) is 71.1 Å². The lowest BCUT2D eigenvalue weighted by molar-refractivity contribution is -0.114. The number of hydrogen-bond donors (Lipinski definition) is 1. The molecule has 3 aromatic rings. The standard InChI is InChI=1S/C27H25N5OS2/c1-16-10-11-23(17(2)12-16)31-18(3)13-21(19(31)4)14-22-24(28)32-26(29-25(22)33)35-30-27(32)34-15-20-8-6-5-7-9-20/h5-14,28H,15H2,1-4H3/b22-14-,28-24?. The molecule has 0 atom stereocenters. The van der Waals surface area contributed by atoms with E-state index in [1.165, 1.54) is 28.5 Å². The van der Waals surface area contributed by atoms with Crippen LogP contribution in [0.5, 0.6) is 0 Å². The van der Waals surface area contributed by atoms with Gasteiger partial charge in [0.05, 0.1) is 17.5 Å². The van der Waals surface area contributed by atoms with Crippen LogP contribution in [0.15, 0.2) is 69.6 Å². The van der Waals surface area contributed by atoms with Crippen molar-refractivity contribution < 1.29 is 4.79 Å². The molecule has 0 fully saturated rings. The molecule has 0 spiro atoms. The summed E-state index contributed by atoms with van der Waals surface area (Å²) in [6.45, 7) is 8.29. The minimum absolute atomic E-state index is 0.112. The molecule has 1 aromatic heterocycles. The molecule has 0 saturated carbocycles. The number of hydrogen-bond acceptors (Lipinski definition) is 5. The van der Waals surface area contributed by atoms with E-state index in [1.54, 1.807) is 11.0 Å². The largest absolute Gasteiger partial charge is 0.318 e. The Labute approximate surface area is 213 Å². The maximum Gasteiger partial charge on any atom is 0.283 e. The van der Waals surface area contributed by atoms with Gasteiger partial charge in [-0.1, -0.05) is 59.8 Å². The molecule has 35 heavy (non-hydrogen) atoms. The van der Waals surface area contributed by atoms with Gasteiger partial charge in [-0.05, 0) is 62.6 Å². The predicted octanol–water partition coefficient (Wildman–Crippen LogP) is 6.22. The van der Waals surface area contributed by atoms with Crippen LogP contribution >= 0.6 is 23.7 Å². The lowest BCUT2D eigenvalue weighted by Crippen LogP contribution is -2.41. The molecule has 0 saturated heterocycles. The summed E-state index contributed by atoms with van der Waals surface area (Å²) in [4.78, 5) is 18.8. The van der Waals surface area contributed by atoms with Gasteiger partial charge < -0.3 is 4.57 Å². The van der Waals surface area contributed by atoms with Crippen LogP contribution in [-0.4, -0.2) is 31.5 Å². The van der Waals surface area contributed by atoms with Gasteiger partial charge in [-0.3, -0.25) is 10.2 Å². The first kappa shape index (κ1) is 23.4. The third-order valence-electron chi connectivity index (χ3n) is 6.07. The Hall–Kier alpha value is -3.36. The molecular formula is C27H25N5OS2. The smallest absolute Gasteiger partial charge is 0.283 e. The van der Waals surface area contributed by atoms with Gasteiger partial charge in [-0.2, -0.15) is 9.39 Å². The van der Waals surface area contributed by atoms with Crippen LogP contribution in [0.3, 0.4) is 0 Å². The van der Waals surface area contributed by atoms with Gasteiger partial charge in [0.1, 0.15) is 5.84 Å². The van der Waals surface area contributed by atoms with Gasteiger partial charge in [0.15, 0.2) is 5.17 Å². The molecule has 0 unspecified atom stereocenters. The highest BCUT2D eigenvalue weighted by atomic mass is 32.2. The first-order chi connectivity index (χ1) is 16.8. The van der Waals surface area contributed by atoms with E-state index in [0.717, 1.165) is 40.3 Å². The Bertz CT molecular complexity index is 1450. The fourth-order valence-electron chi connectivity index (χ4n) is 4.33. The molecule has 2 aliphatic rings. The van der Waals surface area contributed by atoms with Gasteiger partial charge in [-0.15, -0.1) is 0 Å². The topological polar surface area (TPSA) is 73.8 Å². The summed E-state index contributed by atoms with van der Waals surface area (Å²) in [5.74, 6) is 0.427. The number of aromatic nitrogens is 1. The van der Waals surface area contributed by atoms with Crippen LogP contribution in [0.25, 0.3) is 11.8 Å². The monoisotopic (exact) mass is 499 g/mol. The number of nitrogens with one attached hydrogen (secondary N) is 1. The number of amidine groups is 3. The summed E-state index contributed by atoms with van der Waals surface area (Å²) in [6, 6.07) is 18.6. The zero-order valence-corrected chi connectivity index (χ0v) is 21.6. The summed E-state index contributed by atoms with van der Waals surface area (Å²) in [5, 5.41) is 9.97. The number of aliphatic imine (C=N–C) groups is 1. The minimum atomic E-state index is -0.408. The molecule has 8 heteroatoms. The lowest BCUT2D eigenvalue weighted by atomic mass is 10.1. The van der Waals surface area contributed by atoms with Crippen molar-refractivity contribution in [2.75, 3.05) is 0 Å². The van der Waals surface area contributed by atoms with E-state index in [9.17, 15) is 4.79 Å². The zero-order valence-electron chi connectivity index (χ0n) is 20.0. The van der Waals surface area contributed by atoms with Crippen LogP contribution in [-0.2, 0) is 10.5 Å². The minimum Gasteiger partial charge on any atom is -0.318 e. The highest BCUT2D eigenvalue weighted by Gasteiger charge is 2.37. The van der Waals surface area contributed by atoms with E-state index >= 15 is 0 Å². The van der Waals surface area contributed by atoms with Crippen molar-refractivity contribution in [1.82, 2.24) is 9.47 Å². The molecule has 2 aromatic carbocycles. The van der Waals surface area contributed by atoms with Crippen molar-refractivity contribution in [1.29, 1.82) is 5.41 Å². The van der Waals surface area contributed by atoms with E-state index < -0.39 is 5.91 Å². The van der Waals surface area contributed by atoms with Crippen molar-refractivity contribution in [3.8, 4) is 5.69 Å². The Morgan fingerprint density at radius 3 is 2.57 bits per heavy atom. The summed E-state index contributed by atoms with van der Waals surface area (Å²) >= 11 is 2.68. The van der Waals surface area contributed by atoms with Crippen LogP contribution in [0.2, 0.25) is 0 Å². The van der Waals surface area contributed by atoms with Crippen LogP contribution in [0, 0.1) is 33.1 Å². The first-order valence-corrected chi connectivity index (χ1v) is 13.0. The molecule has 3 heterocycles. The van der Waals surface area contributed by atoms with Crippen molar-refractivity contribution in [3.05, 3.63) is 93.8 Å². The molecule has 1 N–H and O–H groups in total. The molecule has 1 amide bonds. The number of carbonyl (C=O) groups excluding carboxylic acids is 1. The average Bonchev–Trinajstić information content (AvgIpc) is 3.36. The molecule has 0 bridgehead atoms. The molecule has 0 radical (unpaired) electrons. The van der Waals surface area contributed by atoms with E-state index in [-0.39, 0.29) is 11.4 Å². The number of fused-ring (bicyclic) bond motifs is 1. The second-order valence-corrected chi connectivity index (χ2v) is 10.3. The van der Waals surface area contributed by atoms with Gasteiger partial charge in [-0.25, -0.2) is 4.90 Å². The predicted molar refractivity (Wildman–Crippen MR) is 147 cm³/mol. The number of amides is 1. The number of thioether (sulfide) groups is 1. The van der Waals surface area contributed by atoms with Crippen LogP contribution < -0.4 is 0 Å². The summed E-state index contributed by atoms with van der Waals surface area (Å²) in [6.07, 6.45) is 1.79. The third kappa shape index (κ3) is 4.39. The van der Waals surface area contributed by atoms with Crippen molar-refractivity contribution in [2.24, 2.45) is 9.39 Å². The Morgan fingerprint density at radius 2 is 1.83 bits per heavy atom. The Balaban J connectivity index is 1.45. The van der Waals surface area contributed by atoms with Crippen molar-refractivity contribution in [2.45, 2.75) is 33.4 Å². The van der Waals surface area contributed by atoms with E-state index in [1.807, 2.05) is 25.1 Å².